The van der Waals surface area contributed by atoms with E-state index in [1.165, 1.54) is 18.9 Å². The van der Waals surface area contributed by atoms with Gasteiger partial charge in [-0.05, 0) is 31.9 Å². The Hall–Kier alpha value is -2.11. The maximum absolute atomic E-state index is 12.1. The van der Waals surface area contributed by atoms with Crippen molar-refractivity contribution >= 4 is 17.4 Å². The van der Waals surface area contributed by atoms with Crippen LogP contribution in [0.25, 0.3) is 0 Å². The lowest BCUT2D eigenvalue weighted by atomic mass is 10.2. The number of anilines is 1. The fraction of sp³-hybridized carbons (Fsp3) is 0.500. The Morgan fingerprint density at radius 2 is 1.90 bits per heavy atom. The van der Waals surface area contributed by atoms with Crippen molar-refractivity contribution in [2.45, 2.75) is 32.6 Å². The second kappa shape index (κ2) is 6.36. The predicted molar refractivity (Wildman–Crippen MR) is 76.9 cm³/mol. The zero-order chi connectivity index (χ0) is 14.5. The summed E-state index contributed by atoms with van der Waals surface area (Å²) in [6, 6.07) is 4.50. The summed E-state index contributed by atoms with van der Waals surface area (Å²) in [6.45, 7) is 3.22. The van der Waals surface area contributed by atoms with E-state index >= 15 is 0 Å². The molecule has 6 nitrogen and oxygen atoms in total. The van der Waals surface area contributed by atoms with Crippen LogP contribution < -0.4 is 5.32 Å². The van der Waals surface area contributed by atoms with Gasteiger partial charge in [-0.2, -0.15) is 0 Å². The number of hydrogen-bond acceptors (Lipinski definition) is 3. The highest BCUT2D eigenvalue weighted by molar-refractivity contribution is 5.89. The molecule has 1 N–H and O–H groups in total. The van der Waals surface area contributed by atoms with E-state index in [9.17, 15) is 14.9 Å². The number of benzene rings is 1. The summed E-state index contributed by atoms with van der Waals surface area (Å²) in [7, 11) is 0. The fourth-order valence-corrected chi connectivity index (χ4v) is 2.41. The largest absolute Gasteiger partial charge is 0.325 e. The average Bonchev–Trinajstić information content (AvgIpc) is 2.67. The first-order chi connectivity index (χ1) is 9.58. The predicted octanol–water partition coefficient (Wildman–Crippen LogP) is 3.31. The van der Waals surface area contributed by atoms with Crippen LogP contribution in [0.5, 0.6) is 0 Å². The number of likely N-dealkylation sites (tertiary alicyclic amines) is 1. The zero-order valence-electron chi connectivity index (χ0n) is 11.6. The number of amides is 2. The molecule has 1 heterocycles. The fourth-order valence-electron chi connectivity index (χ4n) is 2.41. The van der Waals surface area contributed by atoms with Crippen molar-refractivity contribution in [3.8, 4) is 0 Å². The van der Waals surface area contributed by atoms with Crippen LogP contribution >= 0.6 is 0 Å². The van der Waals surface area contributed by atoms with E-state index in [0.717, 1.165) is 25.9 Å². The highest BCUT2D eigenvalue weighted by Gasteiger charge is 2.16. The van der Waals surface area contributed by atoms with Gasteiger partial charge in [-0.15, -0.1) is 0 Å². The van der Waals surface area contributed by atoms with Crippen LogP contribution in [0.4, 0.5) is 16.2 Å². The van der Waals surface area contributed by atoms with Crippen molar-refractivity contribution in [1.29, 1.82) is 0 Å². The molecule has 0 aromatic heterocycles. The lowest BCUT2D eigenvalue weighted by Gasteiger charge is -2.20. The Bertz CT molecular complexity index is 508. The van der Waals surface area contributed by atoms with Crippen molar-refractivity contribution < 1.29 is 9.72 Å². The Balaban J connectivity index is 2.03. The molecule has 0 saturated carbocycles. The maximum atomic E-state index is 12.1. The van der Waals surface area contributed by atoms with Crippen LogP contribution in [0.15, 0.2) is 18.2 Å². The van der Waals surface area contributed by atoms with Gasteiger partial charge in [0.15, 0.2) is 0 Å². The Morgan fingerprint density at radius 1 is 1.25 bits per heavy atom. The molecule has 20 heavy (non-hydrogen) atoms. The number of nitro benzene ring substituents is 1. The molecule has 1 aliphatic rings. The van der Waals surface area contributed by atoms with E-state index in [2.05, 4.69) is 5.32 Å². The third kappa shape index (κ3) is 3.46. The van der Waals surface area contributed by atoms with E-state index in [1.54, 1.807) is 19.1 Å². The number of aryl methyl sites for hydroxylation is 1. The van der Waals surface area contributed by atoms with Crippen molar-refractivity contribution in [1.82, 2.24) is 4.90 Å². The molecule has 0 bridgehead atoms. The van der Waals surface area contributed by atoms with E-state index in [4.69, 9.17) is 0 Å². The third-order valence-corrected chi connectivity index (χ3v) is 3.54. The molecule has 0 unspecified atom stereocenters. The normalized spacial score (nSPS) is 15.6. The number of nitrogens with zero attached hydrogens (tertiary/aromatic N) is 2. The first-order valence-corrected chi connectivity index (χ1v) is 6.89. The molecular formula is C14H19N3O3. The SMILES string of the molecule is Cc1cc(NC(=O)N2CCCCCC2)ccc1[N+](=O)[O-]. The van der Waals surface area contributed by atoms with Gasteiger partial charge >= 0.3 is 6.03 Å². The quantitative estimate of drug-likeness (QED) is 0.665. The molecule has 0 aliphatic carbocycles. The number of nitrogens with one attached hydrogen (secondary N) is 1. The highest BCUT2D eigenvalue weighted by atomic mass is 16.6. The van der Waals surface area contributed by atoms with Crippen LogP contribution in [0.2, 0.25) is 0 Å². The van der Waals surface area contributed by atoms with Crippen molar-refractivity contribution in [2.75, 3.05) is 18.4 Å². The molecule has 108 valence electrons. The van der Waals surface area contributed by atoms with Crippen LogP contribution in [-0.2, 0) is 0 Å². The number of urea groups is 1. The first-order valence-electron chi connectivity index (χ1n) is 6.89. The van der Waals surface area contributed by atoms with Crippen molar-refractivity contribution in [3.63, 3.8) is 0 Å². The van der Waals surface area contributed by atoms with Gasteiger partial charge in [0.2, 0.25) is 0 Å². The standard InChI is InChI=1S/C14H19N3O3/c1-11-10-12(6-7-13(11)17(19)20)15-14(18)16-8-4-2-3-5-9-16/h6-7,10H,2-5,8-9H2,1H3,(H,15,18). The van der Waals surface area contributed by atoms with E-state index in [1.807, 2.05) is 4.90 Å². The lowest BCUT2D eigenvalue weighted by molar-refractivity contribution is -0.385. The van der Waals surface area contributed by atoms with Gasteiger partial charge in [-0.1, -0.05) is 12.8 Å². The minimum atomic E-state index is -0.421. The summed E-state index contributed by atoms with van der Waals surface area (Å²) in [5.41, 5.74) is 1.21. The summed E-state index contributed by atoms with van der Waals surface area (Å²) in [4.78, 5) is 24.3. The van der Waals surface area contributed by atoms with Crippen LogP contribution in [-0.4, -0.2) is 28.9 Å². The van der Waals surface area contributed by atoms with Crippen LogP contribution in [0.1, 0.15) is 31.2 Å². The molecular weight excluding hydrogens is 258 g/mol. The molecule has 1 saturated heterocycles. The summed E-state index contributed by atoms with van der Waals surface area (Å²) >= 11 is 0. The second-order valence-electron chi connectivity index (χ2n) is 5.09. The third-order valence-electron chi connectivity index (χ3n) is 3.54. The molecule has 0 spiro atoms. The summed E-state index contributed by atoms with van der Waals surface area (Å²) < 4.78 is 0. The van der Waals surface area contributed by atoms with Gasteiger partial charge in [-0.25, -0.2) is 4.79 Å². The van der Waals surface area contributed by atoms with Crippen molar-refractivity contribution in [3.05, 3.63) is 33.9 Å². The van der Waals surface area contributed by atoms with Crippen LogP contribution in [0, 0.1) is 17.0 Å². The number of carbonyl (C=O) groups is 1. The van der Waals surface area contributed by atoms with Gasteiger partial charge in [-0.3, -0.25) is 10.1 Å². The number of nitro groups is 1. The molecule has 1 fully saturated rings. The zero-order valence-corrected chi connectivity index (χ0v) is 11.6. The Morgan fingerprint density at radius 3 is 2.45 bits per heavy atom. The summed E-state index contributed by atoms with van der Waals surface area (Å²) in [5, 5.41) is 13.6. The van der Waals surface area contributed by atoms with Gasteiger partial charge in [0.1, 0.15) is 0 Å². The van der Waals surface area contributed by atoms with Gasteiger partial charge in [0.25, 0.3) is 5.69 Å². The van der Waals surface area contributed by atoms with E-state index in [0.29, 0.717) is 11.3 Å². The Kier molecular flexibility index (Phi) is 4.55. The second-order valence-corrected chi connectivity index (χ2v) is 5.09. The first kappa shape index (κ1) is 14.3. The number of rotatable bonds is 2. The number of carbonyl (C=O) groups excluding carboxylic acids is 1. The number of hydrogen-bond donors (Lipinski definition) is 1. The minimum absolute atomic E-state index is 0.0674. The molecule has 0 atom stereocenters. The summed E-state index contributed by atoms with van der Waals surface area (Å²) in [6.07, 6.45) is 4.40. The van der Waals surface area contributed by atoms with E-state index in [-0.39, 0.29) is 11.7 Å². The van der Waals surface area contributed by atoms with Gasteiger partial charge in [0.05, 0.1) is 4.92 Å². The maximum Gasteiger partial charge on any atom is 0.321 e. The Labute approximate surface area is 117 Å². The van der Waals surface area contributed by atoms with Crippen LogP contribution in [0.3, 0.4) is 0 Å². The van der Waals surface area contributed by atoms with E-state index < -0.39 is 4.92 Å². The highest BCUT2D eigenvalue weighted by Crippen LogP contribution is 2.22. The molecule has 0 radical (unpaired) electrons. The summed E-state index contributed by atoms with van der Waals surface area (Å²) in [5.74, 6) is 0. The van der Waals surface area contributed by atoms with Crippen molar-refractivity contribution in [2.24, 2.45) is 0 Å². The monoisotopic (exact) mass is 277 g/mol. The molecule has 1 aromatic carbocycles. The molecule has 2 amide bonds. The molecule has 6 heteroatoms. The minimum Gasteiger partial charge on any atom is -0.325 e. The molecule has 1 aliphatic heterocycles. The smallest absolute Gasteiger partial charge is 0.321 e. The molecule has 2 rings (SSSR count). The average molecular weight is 277 g/mol. The van der Waals surface area contributed by atoms with Gasteiger partial charge in [0, 0.05) is 30.4 Å². The molecule has 1 aromatic rings. The topological polar surface area (TPSA) is 75.5 Å². The lowest BCUT2D eigenvalue weighted by Crippen LogP contribution is -2.35. The van der Waals surface area contributed by atoms with Gasteiger partial charge < -0.3 is 10.2 Å².